The second-order valence-electron chi connectivity index (χ2n) is 4.29. The average molecular weight is 256 g/mol. The molecule has 1 amide bonds. The Morgan fingerprint density at radius 2 is 2.32 bits per heavy atom. The summed E-state index contributed by atoms with van der Waals surface area (Å²) in [6, 6.07) is 0. The summed E-state index contributed by atoms with van der Waals surface area (Å²) in [5.41, 5.74) is 2.88. The third kappa shape index (κ3) is 2.30. The molecule has 0 radical (unpaired) electrons. The van der Waals surface area contributed by atoms with Gasteiger partial charge in [0, 0.05) is 23.7 Å². The first kappa shape index (κ1) is 11.7. The highest BCUT2D eigenvalue weighted by atomic mass is 16.5. The van der Waals surface area contributed by atoms with Crippen LogP contribution in [-0.2, 0) is 9.53 Å². The Morgan fingerprint density at radius 3 is 3.05 bits per heavy atom. The van der Waals surface area contributed by atoms with Crippen LogP contribution in [0.5, 0.6) is 0 Å². The van der Waals surface area contributed by atoms with Crippen molar-refractivity contribution in [1.29, 1.82) is 0 Å². The van der Waals surface area contributed by atoms with Crippen molar-refractivity contribution in [2.75, 3.05) is 13.2 Å². The summed E-state index contributed by atoms with van der Waals surface area (Å²) in [7, 11) is 0. The first-order chi connectivity index (χ1) is 9.24. The lowest BCUT2D eigenvalue weighted by Gasteiger charge is -2.23. The Hall–Kier alpha value is -2.34. The molecule has 1 fully saturated rings. The standard InChI is InChI=1S/C13H12N4O2/c1-8-7-19-12(13(18)17-8)10-4-9(5-16-10)11-6-14-2-3-15-11/h2-4,6,12H,1,5,7H2,(H,17,18). The molecule has 6 nitrogen and oxygen atoms in total. The van der Waals surface area contributed by atoms with Crippen LogP contribution in [0.2, 0.25) is 0 Å². The molecule has 1 N–H and O–H groups in total. The number of ether oxygens (including phenoxy) is 1. The number of hydrogen-bond donors (Lipinski definition) is 1. The highest BCUT2D eigenvalue weighted by Crippen LogP contribution is 2.19. The lowest BCUT2D eigenvalue weighted by Crippen LogP contribution is -2.46. The number of carbonyl (C=O) groups is 1. The molecular weight excluding hydrogens is 244 g/mol. The third-order valence-electron chi connectivity index (χ3n) is 2.88. The van der Waals surface area contributed by atoms with Crippen LogP contribution in [0.15, 0.2) is 41.9 Å². The van der Waals surface area contributed by atoms with Crippen LogP contribution in [0.1, 0.15) is 5.69 Å². The highest BCUT2D eigenvalue weighted by molar-refractivity contribution is 6.17. The zero-order valence-electron chi connectivity index (χ0n) is 10.2. The van der Waals surface area contributed by atoms with E-state index in [1.165, 1.54) is 0 Å². The molecule has 96 valence electrons. The first-order valence-electron chi connectivity index (χ1n) is 5.85. The molecular formula is C13H12N4O2. The minimum absolute atomic E-state index is 0.230. The number of amides is 1. The number of aliphatic imine (C=N–C) groups is 1. The fourth-order valence-corrected chi connectivity index (χ4v) is 1.98. The second kappa shape index (κ2) is 4.74. The molecule has 1 aromatic rings. The number of nitrogens with one attached hydrogen (secondary N) is 1. The number of carbonyl (C=O) groups excluding carboxylic acids is 1. The number of morpholine rings is 1. The molecule has 6 heteroatoms. The van der Waals surface area contributed by atoms with Crippen molar-refractivity contribution in [3.8, 4) is 0 Å². The Kier molecular flexibility index (Phi) is 2.92. The molecule has 0 aromatic carbocycles. The van der Waals surface area contributed by atoms with Crippen LogP contribution in [0.25, 0.3) is 5.57 Å². The minimum atomic E-state index is -0.667. The van der Waals surface area contributed by atoms with E-state index in [-0.39, 0.29) is 5.91 Å². The number of hydrogen-bond acceptors (Lipinski definition) is 5. The van der Waals surface area contributed by atoms with Crippen molar-refractivity contribution in [2.24, 2.45) is 4.99 Å². The summed E-state index contributed by atoms with van der Waals surface area (Å²) in [5.74, 6) is -0.230. The van der Waals surface area contributed by atoms with Crippen LogP contribution in [0.4, 0.5) is 0 Å². The normalized spacial score (nSPS) is 22.8. The average Bonchev–Trinajstić information content (AvgIpc) is 2.89. The monoisotopic (exact) mass is 256 g/mol. The molecule has 2 aliphatic heterocycles. The Bertz CT molecular complexity index is 592. The van der Waals surface area contributed by atoms with Gasteiger partial charge in [0.25, 0.3) is 5.91 Å². The summed E-state index contributed by atoms with van der Waals surface area (Å²) < 4.78 is 5.45. The largest absolute Gasteiger partial charge is 0.356 e. The van der Waals surface area contributed by atoms with Gasteiger partial charge in [-0.2, -0.15) is 0 Å². The summed E-state index contributed by atoms with van der Waals surface area (Å²) in [5, 5.41) is 2.66. The number of rotatable bonds is 2. The van der Waals surface area contributed by atoms with Gasteiger partial charge in [0.05, 0.1) is 30.8 Å². The quantitative estimate of drug-likeness (QED) is 0.828. The first-order valence-corrected chi connectivity index (χ1v) is 5.85. The Balaban J connectivity index is 1.79. The number of aromatic nitrogens is 2. The van der Waals surface area contributed by atoms with E-state index in [2.05, 4.69) is 26.9 Å². The smallest absolute Gasteiger partial charge is 0.259 e. The molecule has 3 heterocycles. The van der Waals surface area contributed by atoms with Crippen molar-refractivity contribution in [2.45, 2.75) is 6.10 Å². The minimum Gasteiger partial charge on any atom is -0.356 e. The molecule has 1 unspecified atom stereocenters. The second-order valence-corrected chi connectivity index (χ2v) is 4.29. The fourth-order valence-electron chi connectivity index (χ4n) is 1.98. The van der Waals surface area contributed by atoms with Gasteiger partial charge >= 0.3 is 0 Å². The van der Waals surface area contributed by atoms with E-state index in [9.17, 15) is 4.79 Å². The predicted molar refractivity (Wildman–Crippen MR) is 69.3 cm³/mol. The zero-order valence-corrected chi connectivity index (χ0v) is 10.2. The third-order valence-corrected chi connectivity index (χ3v) is 2.88. The van der Waals surface area contributed by atoms with Crippen LogP contribution < -0.4 is 5.32 Å². The lowest BCUT2D eigenvalue weighted by atomic mass is 10.1. The van der Waals surface area contributed by atoms with Crippen LogP contribution in [0.3, 0.4) is 0 Å². The van der Waals surface area contributed by atoms with Crippen molar-refractivity contribution >= 4 is 17.2 Å². The molecule has 0 bridgehead atoms. The summed E-state index contributed by atoms with van der Waals surface area (Å²) in [6.45, 7) is 4.46. The molecule has 19 heavy (non-hydrogen) atoms. The van der Waals surface area contributed by atoms with Gasteiger partial charge < -0.3 is 10.1 Å². The van der Waals surface area contributed by atoms with E-state index in [4.69, 9.17) is 4.74 Å². The van der Waals surface area contributed by atoms with Crippen LogP contribution >= 0.6 is 0 Å². The molecule has 3 rings (SSSR count). The molecule has 1 aromatic heterocycles. The maximum absolute atomic E-state index is 11.8. The Morgan fingerprint density at radius 1 is 1.42 bits per heavy atom. The summed E-state index contributed by atoms with van der Waals surface area (Å²) >= 11 is 0. The molecule has 0 aliphatic carbocycles. The summed E-state index contributed by atoms with van der Waals surface area (Å²) in [6.07, 6.45) is 6.09. The van der Waals surface area contributed by atoms with E-state index >= 15 is 0 Å². The van der Waals surface area contributed by atoms with E-state index in [0.717, 1.165) is 11.3 Å². The maximum atomic E-state index is 11.8. The van der Waals surface area contributed by atoms with Crippen molar-refractivity contribution < 1.29 is 9.53 Å². The molecule has 2 aliphatic rings. The number of nitrogens with zero attached hydrogens (tertiary/aromatic N) is 3. The Labute approximate surface area is 109 Å². The molecule has 0 spiro atoms. The maximum Gasteiger partial charge on any atom is 0.259 e. The topological polar surface area (TPSA) is 76.5 Å². The van der Waals surface area contributed by atoms with E-state index in [1.807, 2.05) is 6.08 Å². The van der Waals surface area contributed by atoms with Gasteiger partial charge in [-0.05, 0) is 6.08 Å². The van der Waals surface area contributed by atoms with Gasteiger partial charge in [-0.3, -0.25) is 19.8 Å². The van der Waals surface area contributed by atoms with E-state index in [0.29, 0.717) is 24.6 Å². The van der Waals surface area contributed by atoms with Gasteiger partial charge in [0.1, 0.15) is 0 Å². The van der Waals surface area contributed by atoms with Gasteiger partial charge in [-0.15, -0.1) is 0 Å². The molecule has 0 saturated carbocycles. The molecule has 1 saturated heterocycles. The summed E-state index contributed by atoms with van der Waals surface area (Å²) in [4.78, 5) is 24.4. The highest BCUT2D eigenvalue weighted by Gasteiger charge is 2.30. The molecule has 1 atom stereocenters. The van der Waals surface area contributed by atoms with Crippen LogP contribution in [0, 0.1) is 0 Å². The van der Waals surface area contributed by atoms with E-state index < -0.39 is 6.10 Å². The SMILES string of the molecule is C=C1COC(C2=NCC(c3cnccn3)=C2)C(=O)N1. The zero-order chi connectivity index (χ0) is 13.2. The van der Waals surface area contributed by atoms with Gasteiger partial charge in [-0.25, -0.2) is 0 Å². The van der Waals surface area contributed by atoms with Gasteiger partial charge in [0.15, 0.2) is 6.10 Å². The van der Waals surface area contributed by atoms with Gasteiger partial charge in [0.2, 0.25) is 0 Å². The van der Waals surface area contributed by atoms with E-state index in [1.54, 1.807) is 18.6 Å². The lowest BCUT2D eigenvalue weighted by molar-refractivity contribution is -0.130. The predicted octanol–water partition coefficient (Wildman–Crippen LogP) is 0.343. The van der Waals surface area contributed by atoms with Crippen molar-refractivity contribution in [3.05, 3.63) is 42.6 Å². The fraction of sp³-hybridized carbons (Fsp3) is 0.231. The van der Waals surface area contributed by atoms with Crippen LogP contribution in [-0.4, -0.2) is 40.8 Å². The van der Waals surface area contributed by atoms with Crippen molar-refractivity contribution in [3.63, 3.8) is 0 Å². The van der Waals surface area contributed by atoms with Crippen molar-refractivity contribution in [1.82, 2.24) is 15.3 Å². The van der Waals surface area contributed by atoms with Gasteiger partial charge in [-0.1, -0.05) is 6.58 Å².